The van der Waals surface area contributed by atoms with Gasteiger partial charge in [-0.2, -0.15) is 0 Å². The summed E-state index contributed by atoms with van der Waals surface area (Å²) in [6.45, 7) is 3.83. The first-order valence-corrected chi connectivity index (χ1v) is 10.1. The summed E-state index contributed by atoms with van der Waals surface area (Å²) in [5, 5.41) is 6.03. The predicted molar refractivity (Wildman–Crippen MR) is 123 cm³/mol. The highest BCUT2D eigenvalue weighted by Gasteiger charge is 2.23. The predicted octanol–water partition coefficient (Wildman–Crippen LogP) is 4.88. The van der Waals surface area contributed by atoms with E-state index in [9.17, 15) is 4.79 Å². The summed E-state index contributed by atoms with van der Waals surface area (Å²) in [5.41, 5.74) is 3.54. The van der Waals surface area contributed by atoms with Crippen LogP contribution in [0.1, 0.15) is 21.7 Å². The fraction of sp³-hybridized carbons (Fsp3) is 0.227. The number of nitrogens with zero attached hydrogens (tertiary/aromatic N) is 2. The maximum Gasteiger partial charge on any atom is 0.257 e. The van der Waals surface area contributed by atoms with Crippen LogP contribution in [0.4, 0.5) is 17.3 Å². The number of rotatable bonds is 7. The maximum atomic E-state index is 12.9. The molecule has 1 aromatic heterocycles. The zero-order chi connectivity index (χ0) is 22.5. The molecule has 9 heteroatoms. The second-order valence-corrected chi connectivity index (χ2v) is 7.43. The van der Waals surface area contributed by atoms with Crippen molar-refractivity contribution in [3.63, 3.8) is 0 Å². The van der Waals surface area contributed by atoms with Gasteiger partial charge in [0.1, 0.15) is 0 Å². The second-order valence-electron chi connectivity index (χ2n) is 6.64. The van der Waals surface area contributed by atoms with E-state index in [1.807, 2.05) is 32.0 Å². The van der Waals surface area contributed by atoms with Crippen molar-refractivity contribution < 1.29 is 19.0 Å². The number of halogens is 1. The van der Waals surface area contributed by atoms with E-state index in [1.54, 1.807) is 18.2 Å². The van der Waals surface area contributed by atoms with Crippen molar-refractivity contribution >= 4 is 39.2 Å². The smallest absolute Gasteiger partial charge is 0.257 e. The number of anilines is 3. The van der Waals surface area contributed by atoms with Gasteiger partial charge in [-0.3, -0.25) is 4.79 Å². The van der Waals surface area contributed by atoms with Gasteiger partial charge in [0.15, 0.2) is 11.5 Å². The molecule has 3 rings (SSSR count). The summed E-state index contributed by atoms with van der Waals surface area (Å²) >= 11 is 3.43. The molecule has 2 aromatic carbocycles. The number of carbonyl (C=O) groups is 1. The van der Waals surface area contributed by atoms with E-state index >= 15 is 0 Å². The maximum absolute atomic E-state index is 12.9. The molecule has 1 amide bonds. The number of aromatic nitrogens is 2. The topological polar surface area (TPSA) is 94.6 Å². The normalized spacial score (nSPS) is 10.4. The lowest BCUT2D eigenvalue weighted by Crippen LogP contribution is -2.13. The molecule has 31 heavy (non-hydrogen) atoms. The molecule has 0 saturated carbocycles. The minimum Gasteiger partial charge on any atom is -0.493 e. The molecule has 0 aliphatic carbocycles. The third-order valence-corrected chi connectivity index (χ3v) is 5.18. The number of hydrogen-bond acceptors (Lipinski definition) is 7. The van der Waals surface area contributed by atoms with Gasteiger partial charge in [0, 0.05) is 22.8 Å². The van der Waals surface area contributed by atoms with E-state index in [1.165, 1.54) is 21.3 Å². The largest absolute Gasteiger partial charge is 0.493 e. The Labute approximate surface area is 189 Å². The minimum atomic E-state index is -0.329. The van der Waals surface area contributed by atoms with Crippen LogP contribution in [-0.2, 0) is 0 Å². The molecule has 162 valence electrons. The van der Waals surface area contributed by atoms with Crippen LogP contribution < -0.4 is 24.8 Å². The Balaban J connectivity index is 1.79. The summed E-state index contributed by atoms with van der Waals surface area (Å²) in [5.74, 6) is 1.36. The van der Waals surface area contributed by atoms with Crippen LogP contribution >= 0.6 is 15.9 Å². The van der Waals surface area contributed by atoms with Crippen molar-refractivity contribution in [2.75, 3.05) is 32.0 Å². The number of carbonyl (C=O) groups excluding carboxylic acids is 1. The summed E-state index contributed by atoms with van der Waals surface area (Å²) in [4.78, 5) is 21.6. The third-order valence-electron chi connectivity index (χ3n) is 4.40. The van der Waals surface area contributed by atoms with Gasteiger partial charge >= 0.3 is 0 Å². The van der Waals surface area contributed by atoms with Gasteiger partial charge in [-0.15, -0.1) is 0 Å². The summed E-state index contributed by atoms with van der Waals surface area (Å²) in [6.07, 6.45) is 0. The molecule has 2 N–H and O–H groups in total. The van der Waals surface area contributed by atoms with Gasteiger partial charge in [-0.05, 0) is 66.2 Å². The second kappa shape index (κ2) is 9.65. The Bertz CT molecular complexity index is 1080. The zero-order valence-electron chi connectivity index (χ0n) is 17.9. The number of amides is 1. The van der Waals surface area contributed by atoms with Crippen molar-refractivity contribution in [3.8, 4) is 17.2 Å². The molecular weight excluding hydrogens is 464 g/mol. The van der Waals surface area contributed by atoms with E-state index < -0.39 is 0 Å². The average molecular weight is 487 g/mol. The number of methoxy groups -OCH3 is 3. The van der Waals surface area contributed by atoms with E-state index in [4.69, 9.17) is 14.2 Å². The molecule has 0 aliphatic rings. The van der Waals surface area contributed by atoms with Crippen LogP contribution in [-0.4, -0.2) is 37.2 Å². The van der Waals surface area contributed by atoms with Crippen molar-refractivity contribution in [2.24, 2.45) is 0 Å². The lowest BCUT2D eigenvalue weighted by molar-refractivity contribution is 0.102. The first-order chi connectivity index (χ1) is 14.9. The Morgan fingerprint density at radius 1 is 0.871 bits per heavy atom. The Kier molecular flexibility index (Phi) is 6.96. The van der Waals surface area contributed by atoms with E-state index in [-0.39, 0.29) is 5.91 Å². The first kappa shape index (κ1) is 22.4. The van der Waals surface area contributed by atoms with E-state index in [0.29, 0.717) is 38.9 Å². The molecule has 1 heterocycles. The van der Waals surface area contributed by atoms with E-state index in [2.05, 4.69) is 36.5 Å². The van der Waals surface area contributed by atoms with Gasteiger partial charge in [-0.25, -0.2) is 9.97 Å². The monoisotopic (exact) mass is 486 g/mol. The molecule has 0 aliphatic heterocycles. The van der Waals surface area contributed by atoms with Gasteiger partial charge in [0.05, 0.1) is 31.4 Å². The number of aryl methyl sites for hydroxylation is 2. The summed E-state index contributed by atoms with van der Waals surface area (Å²) in [6, 6.07) is 10.7. The average Bonchev–Trinajstić information content (AvgIpc) is 2.73. The van der Waals surface area contributed by atoms with Crippen LogP contribution in [0, 0.1) is 13.8 Å². The fourth-order valence-corrected chi connectivity index (χ4v) is 3.67. The molecule has 0 atom stereocenters. The highest BCUT2D eigenvalue weighted by atomic mass is 79.9. The quantitative estimate of drug-likeness (QED) is 0.491. The van der Waals surface area contributed by atoms with E-state index in [0.717, 1.165) is 17.1 Å². The molecule has 0 radical (unpaired) electrons. The minimum absolute atomic E-state index is 0.329. The SMILES string of the molecule is COc1cc(C(=O)Nc2ccc(Nc3nc(C)cc(C)n3)cc2)c(Br)c(OC)c1OC. The molecule has 0 saturated heterocycles. The Morgan fingerprint density at radius 3 is 2.00 bits per heavy atom. The summed E-state index contributed by atoms with van der Waals surface area (Å²) < 4.78 is 16.5. The van der Waals surface area contributed by atoms with Crippen molar-refractivity contribution in [2.45, 2.75) is 13.8 Å². The molecule has 0 unspecified atom stereocenters. The zero-order valence-corrected chi connectivity index (χ0v) is 19.5. The van der Waals surface area contributed by atoms with Crippen molar-refractivity contribution in [1.29, 1.82) is 0 Å². The Hall–Kier alpha value is -3.33. The number of nitrogens with one attached hydrogen (secondary N) is 2. The van der Waals surface area contributed by atoms with Crippen LogP contribution in [0.2, 0.25) is 0 Å². The van der Waals surface area contributed by atoms with Gasteiger partial charge in [-0.1, -0.05) is 0 Å². The lowest BCUT2D eigenvalue weighted by atomic mass is 10.1. The Morgan fingerprint density at radius 2 is 1.45 bits per heavy atom. The molecule has 0 fully saturated rings. The summed E-state index contributed by atoms with van der Waals surface area (Å²) in [7, 11) is 4.50. The number of ether oxygens (including phenoxy) is 3. The molecular formula is C22H23BrN4O4. The lowest BCUT2D eigenvalue weighted by Gasteiger charge is -2.16. The molecule has 0 bridgehead atoms. The first-order valence-electron chi connectivity index (χ1n) is 9.35. The van der Waals surface area contributed by atoms with Crippen LogP contribution in [0.15, 0.2) is 40.9 Å². The molecule has 3 aromatic rings. The van der Waals surface area contributed by atoms with Gasteiger partial charge in [0.2, 0.25) is 11.7 Å². The molecule has 0 spiro atoms. The number of benzene rings is 2. The van der Waals surface area contributed by atoms with Gasteiger partial charge < -0.3 is 24.8 Å². The van der Waals surface area contributed by atoms with Crippen molar-refractivity contribution in [3.05, 3.63) is 57.8 Å². The van der Waals surface area contributed by atoms with Gasteiger partial charge in [0.25, 0.3) is 5.91 Å². The third kappa shape index (κ3) is 5.05. The van der Waals surface area contributed by atoms with Crippen LogP contribution in [0.5, 0.6) is 17.2 Å². The highest BCUT2D eigenvalue weighted by molar-refractivity contribution is 9.10. The number of hydrogen-bond donors (Lipinski definition) is 2. The van der Waals surface area contributed by atoms with Crippen LogP contribution in [0.3, 0.4) is 0 Å². The van der Waals surface area contributed by atoms with Crippen molar-refractivity contribution in [1.82, 2.24) is 9.97 Å². The molecule has 8 nitrogen and oxygen atoms in total. The fourth-order valence-electron chi connectivity index (χ4n) is 3.03. The standard InChI is InChI=1S/C22H23BrN4O4/c1-12-10-13(2)25-22(24-12)27-15-8-6-14(7-9-15)26-21(28)16-11-17(29-3)19(30-4)20(31-5)18(16)23/h6-11H,1-5H3,(H,26,28)(H,24,25,27). The highest BCUT2D eigenvalue weighted by Crippen LogP contribution is 2.44. The van der Waals surface area contributed by atoms with Crippen LogP contribution in [0.25, 0.3) is 0 Å².